The lowest BCUT2D eigenvalue weighted by Crippen LogP contribution is -2.13. The number of aromatic nitrogens is 2. The molecule has 3 N–H and O–H groups in total. The van der Waals surface area contributed by atoms with Crippen LogP contribution in [0.25, 0.3) is 0 Å². The predicted octanol–water partition coefficient (Wildman–Crippen LogP) is 1.99. The molecule has 1 aromatic carbocycles. The fraction of sp³-hybridized carbons (Fsp3) is 0.100. The van der Waals surface area contributed by atoms with Crippen LogP contribution in [0.3, 0.4) is 0 Å². The standard InChI is InChI=1S/C10H10BrN3O3S/c1-6-12-5-9(13-6)18(16,17)14-8-4-2-3-7(11)10(8)15/h2-5,14-15H,1H3,(H,12,13). The van der Waals surface area contributed by atoms with E-state index in [1.807, 2.05) is 0 Å². The SMILES string of the molecule is Cc1ncc(S(=O)(=O)Nc2cccc(Br)c2O)[nH]1. The van der Waals surface area contributed by atoms with Gasteiger partial charge in [0.05, 0.1) is 16.4 Å². The van der Waals surface area contributed by atoms with Crippen LogP contribution in [0.2, 0.25) is 0 Å². The first-order valence-corrected chi connectivity index (χ1v) is 7.19. The molecule has 2 rings (SSSR count). The molecule has 96 valence electrons. The zero-order chi connectivity index (χ0) is 13.3. The van der Waals surface area contributed by atoms with E-state index < -0.39 is 10.0 Å². The van der Waals surface area contributed by atoms with E-state index in [9.17, 15) is 13.5 Å². The minimum Gasteiger partial charge on any atom is -0.505 e. The summed E-state index contributed by atoms with van der Waals surface area (Å²) in [5, 5.41) is 9.66. The molecule has 0 saturated heterocycles. The summed E-state index contributed by atoms with van der Waals surface area (Å²) in [6.07, 6.45) is 1.21. The van der Waals surface area contributed by atoms with Gasteiger partial charge in [-0.2, -0.15) is 8.42 Å². The second-order valence-electron chi connectivity index (χ2n) is 3.57. The number of phenolic OH excluding ortho intramolecular Hbond substituents is 1. The maximum absolute atomic E-state index is 12.0. The number of hydrogen-bond donors (Lipinski definition) is 3. The third-order valence-electron chi connectivity index (χ3n) is 2.20. The molecule has 6 nitrogen and oxygen atoms in total. The fourth-order valence-corrected chi connectivity index (χ4v) is 2.74. The van der Waals surface area contributed by atoms with E-state index in [1.54, 1.807) is 19.1 Å². The maximum Gasteiger partial charge on any atom is 0.279 e. The van der Waals surface area contributed by atoms with E-state index in [2.05, 4.69) is 30.6 Å². The largest absolute Gasteiger partial charge is 0.505 e. The molecule has 0 aliphatic heterocycles. The van der Waals surface area contributed by atoms with Crippen molar-refractivity contribution in [2.45, 2.75) is 11.9 Å². The summed E-state index contributed by atoms with van der Waals surface area (Å²) in [5.74, 6) is 0.325. The zero-order valence-electron chi connectivity index (χ0n) is 9.31. The van der Waals surface area contributed by atoms with Gasteiger partial charge in [0.15, 0.2) is 10.8 Å². The Balaban J connectivity index is 2.37. The molecule has 0 aliphatic rings. The van der Waals surface area contributed by atoms with Crippen LogP contribution < -0.4 is 4.72 Å². The van der Waals surface area contributed by atoms with Crippen LogP contribution in [0.1, 0.15) is 5.82 Å². The zero-order valence-corrected chi connectivity index (χ0v) is 11.7. The number of rotatable bonds is 3. The lowest BCUT2D eigenvalue weighted by molar-refractivity contribution is 0.474. The van der Waals surface area contributed by atoms with E-state index in [0.29, 0.717) is 10.3 Å². The number of aromatic hydroxyl groups is 1. The average Bonchev–Trinajstić information content (AvgIpc) is 2.72. The number of nitrogens with one attached hydrogen (secondary N) is 2. The van der Waals surface area contributed by atoms with Crippen molar-refractivity contribution in [2.24, 2.45) is 0 Å². The molecule has 8 heteroatoms. The van der Waals surface area contributed by atoms with Gasteiger partial charge in [-0.25, -0.2) is 4.98 Å². The smallest absolute Gasteiger partial charge is 0.279 e. The molecular formula is C10H10BrN3O3S. The third-order valence-corrected chi connectivity index (χ3v) is 4.12. The van der Waals surface area contributed by atoms with Crippen LogP contribution >= 0.6 is 15.9 Å². The molecule has 0 amide bonds. The van der Waals surface area contributed by atoms with Gasteiger partial charge in [0, 0.05) is 0 Å². The highest BCUT2D eigenvalue weighted by atomic mass is 79.9. The highest BCUT2D eigenvalue weighted by Crippen LogP contribution is 2.32. The number of aromatic amines is 1. The van der Waals surface area contributed by atoms with Gasteiger partial charge in [-0.15, -0.1) is 0 Å². The van der Waals surface area contributed by atoms with E-state index in [0.717, 1.165) is 0 Å². The van der Waals surface area contributed by atoms with Crippen molar-refractivity contribution in [3.05, 3.63) is 34.7 Å². The second kappa shape index (κ2) is 4.62. The van der Waals surface area contributed by atoms with Crippen LogP contribution in [0, 0.1) is 6.92 Å². The summed E-state index contributed by atoms with van der Waals surface area (Å²) >= 11 is 3.11. The van der Waals surface area contributed by atoms with Gasteiger partial charge in [-0.05, 0) is 35.0 Å². The molecule has 18 heavy (non-hydrogen) atoms. The van der Waals surface area contributed by atoms with Gasteiger partial charge in [0.25, 0.3) is 10.0 Å². The Hall–Kier alpha value is -1.54. The molecule has 0 fully saturated rings. The fourth-order valence-electron chi connectivity index (χ4n) is 1.33. The minimum absolute atomic E-state index is 0.0561. The van der Waals surface area contributed by atoms with E-state index >= 15 is 0 Å². The predicted molar refractivity (Wildman–Crippen MR) is 69.9 cm³/mol. The minimum atomic E-state index is -3.78. The second-order valence-corrected chi connectivity index (χ2v) is 6.08. The number of imidazole rings is 1. The van der Waals surface area contributed by atoms with Crippen molar-refractivity contribution in [3.63, 3.8) is 0 Å². The van der Waals surface area contributed by atoms with Crippen molar-refractivity contribution in [1.82, 2.24) is 9.97 Å². The van der Waals surface area contributed by atoms with Crippen molar-refractivity contribution < 1.29 is 13.5 Å². The number of nitrogens with zero attached hydrogens (tertiary/aromatic N) is 1. The van der Waals surface area contributed by atoms with Crippen LogP contribution in [-0.2, 0) is 10.0 Å². The molecule has 0 radical (unpaired) electrons. The Bertz CT molecular complexity index is 681. The number of para-hydroxylation sites is 1. The topological polar surface area (TPSA) is 95.1 Å². The Kier molecular flexibility index (Phi) is 3.31. The molecule has 0 atom stereocenters. The summed E-state index contributed by atoms with van der Waals surface area (Å²) in [6, 6.07) is 4.67. The van der Waals surface area contributed by atoms with Crippen molar-refractivity contribution in [3.8, 4) is 5.75 Å². The van der Waals surface area contributed by atoms with Gasteiger partial charge in [-0.3, -0.25) is 4.72 Å². The number of benzene rings is 1. The molecule has 0 spiro atoms. The Morgan fingerprint density at radius 3 is 2.78 bits per heavy atom. The molecule has 1 aromatic heterocycles. The van der Waals surface area contributed by atoms with E-state index in [-0.39, 0.29) is 16.5 Å². The quantitative estimate of drug-likeness (QED) is 0.749. The number of hydrogen-bond acceptors (Lipinski definition) is 4. The molecule has 1 heterocycles. The van der Waals surface area contributed by atoms with Crippen LogP contribution in [0.4, 0.5) is 5.69 Å². The van der Waals surface area contributed by atoms with Crippen molar-refractivity contribution >= 4 is 31.6 Å². The summed E-state index contributed by atoms with van der Waals surface area (Å²) < 4.78 is 26.6. The summed E-state index contributed by atoms with van der Waals surface area (Å²) in [5.41, 5.74) is 0.0941. The average molecular weight is 332 g/mol. The third kappa shape index (κ3) is 2.49. The van der Waals surface area contributed by atoms with Gasteiger partial charge >= 0.3 is 0 Å². The first kappa shape index (κ1) is 12.9. The highest BCUT2D eigenvalue weighted by molar-refractivity contribution is 9.10. The number of halogens is 1. The van der Waals surface area contributed by atoms with Crippen LogP contribution in [0.15, 0.2) is 33.9 Å². The van der Waals surface area contributed by atoms with Crippen LogP contribution in [-0.4, -0.2) is 23.5 Å². The van der Waals surface area contributed by atoms with E-state index in [4.69, 9.17) is 0 Å². The molecule has 0 aliphatic carbocycles. The number of aryl methyl sites for hydroxylation is 1. The van der Waals surface area contributed by atoms with Crippen LogP contribution in [0.5, 0.6) is 5.75 Å². The molecule has 0 bridgehead atoms. The number of H-pyrrole nitrogens is 1. The Morgan fingerprint density at radius 1 is 1.44 bits per heavy atom. The highest BCUT2D eigenvalue weighted by Gasteiger charge is 2.18. The lowest BCUT2D eigenvalue weighted by Gasteiger charge is -2.08. The summed E-state index contributed by atoms with van der Waals surface area (Å²) in [6.45, 7) is 1.65. The summed E-state index contributed by atoms with van der Waals surface area (Å²) in [4.78, 5) is 6.43. The Morgan fingerprint density at radius 2 is 2.17 bits per heavy atom. The maximum atomic E-state index is 12.0. The summed E-state index contributed by atoms with van der Waals surface area (Å²) in [7, 11) is -3.78. The van der Waals surface area contributed by atoms with Gasteiger partial charge in [0.2, 0.25) is 0 Å². The molecule has 0 unspecified atom stereocenters. The van der Waals surface area contributed by atoms with Crippen molar-refractivity contribution in [2.75, 3.05) is 4.72 Å². The van der Waals surface area contributed by atoms with Gasteiger partial charge < -0.3 is 10.1 Å². The number of sulfonamides is 1. The molecule has 0 saturated carbocycles. The Labute approximate surface area is 112 Å². The van der Waals surface area contributed by atoms with Crippen molar-refractivity contribution in [1.29, 1.82) is 0 Å². The van der Waals surface area contributed by atoms with E-state index in [1.165, 1.54) is 12.3 Å². The first-order valence-electron chi connectivity index (χ1n) is 4.92. The molecule has 2 aromatic rings. The normalized spacial score (nSPS) is 11.4. The monoisotopic (exact) mass is 331 g/mol. The lowest BCUT2D eigenvalue weighted by atomic mass is 10.3. The molecular weight excluding hydrogens is 322 g/mol. The van der Waals surface area contributed by atoms with Gasteiger partial charge in [-0.1, -0.05) is 6.07 Å². The first-order chi connectivity index (χ1) is 8.40. The number of phenols is 1. The van der Waals surface area contributed by atoms with Gasteiger partial charge in [0.1, 0.15) is 5.82 Å². The number of anilines is 1.